The van der Waals surface area contributed by atoms with Crippen LogP contribution in [0.1, 0.15) is 0 Å². The molecule has 0 aliphatic carbocycles. The normalized spacial score (nSPS) is 12.0. The van der Waals surface area contributed by atoms with Crippen molar-refractivity contribution in [2.75, 3.05) is 0 Å². The molecule has 0 spiro atoms. The van der Waals surface area contributed by atoms with E-state index >= 15 is 0 Å². The highest BCUT2D eigenvalue weighted by molar-refractivity contribution is 6.90. The Morgan fingerprint density at radius 1 is 0.690 bits per heavy atom. The third kappa shape index (κ3) is 3.18. The Kier molecular flexibility index (Phi) is 4.14. The van der Waals surface area contributed by atoms with Gasteiger partial charge in [0.15, 0.2) is 0 Å². The van der Waals surface area contributed by atoms with Crippen LogP contribution < -0.4 is 5.19 Å². The number of hydrogen-bond donors (Lipinski definition) is 0. The summed E-state index contributed by atoms with van der Waals surface area (Å²) in [5.41, 5.74) is 6.36. The van der Waals surface area contributed by atoms with E-state index in [4.69, 9.17) is 9.40 Å². The van der Waals surface area contributed by atoms with Crippen LogP contribution in [0, 0.1) is 0 Å². The zero-order valence-electron chi connectivity index (χ0n) is 16.9. The second kappa shape index (κ2) is 6.71. The Hall–Kier alpha value is -3.17. The first-order valence-electron chi connectivity index (χ1n) is 9.98. The molecule has 0 amide bonds. The molecular weight excluding hydrogens is 370 g/mol. The number of furan rings is 1. The Balaban J connectivity index is 1.65. The fraction of sp³-hybridized carbons (Fsp3) is 0.115. The van der Waals surface area contributed by atoms with Gasteiger partial charge in [0, 0.05) is 28.6 Å². The molecule has 0 aliphatic heterocycles. The maximum Gasteiger partial charge on any atom is 0.139 e. The van der Waals surface area contributed by atoms with Gasteiger partial charge in [-0.25, -0.2) is 0 Å². The number of aromatic nitrogens is 1. The molecule has 3 heteroatoms. The van der Waals surface area contributed by atoms with Gasteiger partial charge in [-0.1, -0.05) is 86.4 Å². The minimum Gasteiger partial charge on any atom is -0.456 e. The third-order valence-corrected chi connectivity index (χ3v) is 7.47. The molecule has 0 unspecified atom stereocenters. The predicted octanol–water partition coefficient (Wildman–Crippen LogP) is 6.86. The van der Waals surface area contributed by atoms with E-state index < -0.39 is 8.07 Å². The van der Waals surface area contributed by atoms with E-state index in [1.54, 1.807) is 0 Å². The van der Waals surface area contributed by atoms with Gasteiger partial charge < -0.3 is 4.42 Å². The average molecular weight is 394 g/mol. The fourth-order valence-electron chi connectivity index (χ4n) is 3.93. The van der Waals surface area contributed by atoms with Crippen molar-refractivity contribution in [1.29, 1.82) is 0 Å². The summed E-state index contributed by atoms with van der Waals surface area (Å²) in [6.45, 7) is 7.06. The molecule has 0 bridgehead atoms. The minimum absolute atomic E-state index is 0.904. The highest BCUT2D eigenvalue weighted by Gasteiger charge is 2.22. The monoisotopic (exact) mass is 393 g/mol. The molecule has 2 nitrogen and oxygen atoms in total. The van der Waals surface area contributed by atoms with E-state index in [1.807, 2.05) is 12.3 Å². The van der Waals surface area contributed by atoms with Crippen LogP contribution in [-0.4, -0.2) is 13.1 Å². The maximum atomic E-state index is 6.38. The summed E-state index contributed by atoms with van der Waals surface area (Å²) in [5.74, 6) is 0. The lowest BCUT2D eigenvalue weighted by Gasteiger charge is -2.16. The Morgan fingerprint density at radius 2 is 1.41 bits per heavy atom. The summed E-state index contributed by atoms with van der Waals surface area (Å²) in [5, 5.41) is 3.61. The third-order valence-electron chi connectivity index (χ3n) is 5.46. The summed E-state index contributed by atoms with van der Waals surface area (Å²) < 4.78 is 6.38. The van der Waals surface area contributed by atoms with E-state index in [9.17, 15) is 0 Å². The average Bonchev–Trinajstić information content (AvgIpc) is 3.11. The Bertz CT molecular complexity index is 1330. The first-order chi connectivity index (χ1) is 14.0. The van der Waals surface area contributed by atoms with Gasteiger partial charge in [0.25, 0.3) is 0 Å². The van der Waals surface area contributed by atoms with Crippen LogP contribution in [0.15, 0.2) is 89.5 Å². The quantitative estimate of drug-likeness (QED) is 0.313. The number of hydrogen-bond acceptors (Lipinski definition) is 2. The van der Waals surface area contributed by atoms with E-state index in [-0.39, 0.29) is 0 Å². The second-order valence-corrected chi connectivity index (χ2v) is 13.6. The molecule has 0 atom stereocenters. The van der Waals surface area contributed by atoms with E-state index in [0.29, 0.717) is 0 Å². The zero-order valence-corrected chi connectivity index (χ0v) is 17.9. The van der Waals surface area contributed by atoms with Crippen molar-refractivity contribution >= 4 is 35.2 Å². The first-order valence-corrected chi connectivity index (χ1v) is 13.5. The van der Waals surface area contributed by atoms with Crippen molar-refractivity contribution in [3.63, 3.8) is 0 Å². The molecule has 5 rings (SSSR count). The second-order valence-electron chi connectivity index (χ2n) is 8.55. The van der Waals surface area contributed by atoms with Gasteiger partial charge in [-0.15, -0.1) is 0 Å². The zero-order chi connectivity index (χ0) is 20.0. The van der Waals surface area contributed by atoms with Crippen LogP contribution >= 0.6 is 0 Å². The molecule has 0 N–H and O–H groups in total. The summed E-state index contributed by atoms with van der Waals surface area (Å²) in [6.07, 6.45) is 1.96. The molecular formula is C26H23NOSi. The number of fused-ring (bicyclic) bond motifs is 3. The Labute approximate surface area is 171 Å². The summed E-state index contributed by atoms with van der Waals surface area (Å²) >= 11 is 0. The smallest absolute Gasteiger partial charge is 0.139 e. The maximum absolute atomic E-state index is 6.38. The highest BCUT2D eigenvalue weighted by Crippen LogP contribution is 2.32. The van der Waals surface area contributed by atoms with Gasteiger partial charge >= 0.3 is 0 Å². The van der Waals surface area contributed by atoms with Crippen molar-refractivity contribution < 1.29 is 4.42 Å². The van der Waals surface area contributed by atoms with Crippen molar-refractivity contribution in [3.05, 3.63) is 85.1 Å². The molecule has 2 aromatic heterocycles. The lowest BCUT2D eigenvalue weighted by Crippen LogP contribution is -2.37. The molecule has 142 valence electrons. The molecule has 2 heterocycles. The predicted molar refractivity (Wildman–Crippen MR) is 125 cm³/mol. The lowest BCUT2D eigenvalue weighted by molar-refractivity contribution is 0.671. The van der Waals surface area contributed by atoms with Crippen molar-refractivity contribution in [1.82, 2.24) is 4.98 Å². The van der Waals surface area contributed by atoms with Crippen LogP contribution in [0.5, 0.6) is 0 Å². The first kappa shape index (κ1) is 17.9. The van der Waals surface area contributed by atoms with Crippen LogP contribution in [0.4, 0.5) is 0 Å². The van der Waals surface area contributed by atoms with Gasteiger partial charge in [-0.3, -0.25) is 4.98 Å². The number of benzene rings is 3. The van der Waals surface area contributed by atoms with E-state index in [2.05, 4.69) is 92.4 Å². The SMILES string of the molecule is C[Si](C)(C)c1cccc2c1oc1cc(-c3cccc(-c4ccccc4)c3)ncc12. The Morgan fingerprint density at radius 3 is 2.21 bits per heavy atom. The van der Waals surface area contributed by atoms with Gasteiger partial charge in [-0.05, 0) is 22.4 Å². The van der Waals surface area contributed by atoms with Gasteiger partial charge in [0.2, 0.25) is 0 Å². The number of para-hydroxylation sites is 1. The van der Waals surface area contributed by atoms with Crippen molar-refractivity contribution in [2.45, 2.75) is 19.6 Å². The molecule has 29 heavy (non-hydrogen) atoms. The highest BCUT2D eigenvalue weighted by atomic mass is 28.3. The molecule has 0 fully saturated rings. The van der Waals surface area contributed by atoms with Crippen LogP contribution in [-0.2, 0) is 0 Å². The molecule has 0 aliphatic rings. The van der Waals surface area contributed by atoms with Crippen molar-refractivity contribution in [3.8, 4) is 22.4 Å². The van der Waals surface area contributed by atoms with Crippen molar-refractivity contribution in [2.24, 2.45) is 0 Å². The number of rotatable bonds is 3. The van der Waals surface area contributed by atoms with Crippen LogP contribution in [0.3, 0.4) is 0 Å². The fourth-order valence-corrected chi connectivity index (χ4v) is 5.39. The summed E-state index contributed by atoms with van der Waals surface area (Å²) in [7, 11) is -1.50. The summed E-state index contributed by atoms with van der Waals surface area (Å²) in [6, 6.07) is 27.5. The number of nitrogens with zero attached hydrogens (tertiary/aromatic N) is 1. The largest absolute Gasteiger partial charge is 0.456 e. The standard InChI is InChI=1S/C26H23NOSi/c1-29(2,3)25-14-8-13-21-22-17-27-23(16-24(22)28-26(21)25)20-12-7-11-19(15-20)18-9-5-4-6-10-18/h4-17H,1-3H3. The van der Waals surface area contributed by atoms with E-state index in [0.717, 1.165) is 33.2 Å². The van der Waals surface area contributed by atoms with Crippen LogP contribution in [0.25, 0.3) is 44.3 Å². The molecule has 0 radical (unpaired) electrons. The van der Waals surface area contributed by atoms with Gasteiger partial charge in [0.05, 0.1) is 13.8 Å². The van der Waals surface area contributed by atoms with Crippen LogP contribution in [0.2, 0.25) is 19.6 Å². The molecule has 3 aromatic carbocycles. The van der Waals surface area contributed by atoms with Gasteiger partial charge in [0.1, 0.15) is 11.2 Å². The number of pyridine rings is 1. The lowest BCUT2D eigenvalue weighted by atomic mass is 10.0. The van der Waals surface area contributed by atoms with E-state index in [1.165, 1.54) is 16.3 Å². The minimum atomic E-state index is -1.50. The molecule has 0 saturated carbocycles. The molecule has 0 saturated heterocycles. The topological polar surface area (TPSA) is 26.0 Å². The van der Waals surface area contributed by atoms with Gasteiger partial charge in [-0.2, -0.15) is 0 Å². The summed E-state index contributed by atoms with van der Waals surface area (Å²) in [4.78, 5) is 4.78. The molecule has 5 aromatic rings.